The fourth-order valence-electron chi connectivity index (χ4n) is 2.61. The van der Waals surface area contributed by atoms with Crippen LogP contribution in [0.4, 0.5) is 13.2 Å². The van der Waals surface area contributed by atoms with E-state index in [-0.39, 0.29) is 17.2 Å². The van der Waals surface area contributed by atoms with E-state index in [2.05, 4.69) is 4.98 Å². The van der Waals surface area contributed by atoms with Crippen molar-refractivity contribution in [3.63, 3.8) is 0 Å². The molecule has 0 radical (unpaired) electrons. The first-order valence-corrected chi connectivity index (χ1v) is 7.94. The van der Waals surface area contributed by atoms with Crippen LogP contribution in [0.15, 0.2) is 36.5 Å². The molecule has 0 aliphatic heterocycles. The van der Waals surface area contributed by atoms with Crippen LogP contribution < -0.4 is 10.5 Å². The maximum absolute atomic E-state index is 13.0. The maximum atomic E-state index is 13.0. The number of hydrogen-bond donors (Lipinski definition) is 1. The van der Waals surface area contributed by atoms with E-state index in [4.69, 9.17) is 22.1 Å². The third-order valence-corrected chi connectivity index (χ3v) is 4.01. The Morgan fingerprint density at radius 1 is 1.24 bits per heavy atom. The van der Waals surface area contributed by atoms with Gasteiger partial charge in [-0.2, -0.15) is 13.2 Å². The molecular formula is C17H15ClF3N3O. The van der Waals surface area contributed by atoms with Gasteiger partial charge in [0.25, 0.3) is 0 Å². The summed E-state index contributed by atoms with van der Waals surface area (Å²) in [5.74, 6) is 0.696. The Balaban J connectivity index is 2.17. The molecule has 8 heteroatoms. The lowest BCUT2D eigenvalue weighted by Gasteiger charge is -2.09. The fraction of sp³-hybridized carbons (Fsp3) is 0.235. The minimum absolute atomic E-state index is 0.0152. The van der Waals surface area contributed by atoms with Gasteiger partial charge >= 0.3 is 6.18 Å². The van der Waals surface area contributed by atoms with Crippen LogP contribution in [0, 0.1) is 0 Å². The van der Waals surface area contributed by atoms with Gasteiger partial charge in [0.2, 0.25) is 0 Å². The van der Waals surface area contributed by atoms with Crippen molar-refractivity contribution < 1.29 is 17.9 Å². The summed E-state index contributed by atoms with van der Waals surface area (Å²) >= 11 is 6.02. The first kappa shape index (κ1) is 17.6. The van der Waals surface area contributed by atoms with Crippen molar-refractivity contribution in [3.8, 4) is 17.0 Å². The number of pyridine rings is 1. The SMILES string of the molecule is CCOc1ccc(-c2nc3c(Cl)cc(C(F)(F)F)cn3c2CN)cc1. The molecule has 2 aromatic heterocycles. The van der Waals surface area contributed by atoms with Crippen LogP contribution in [0.2, 0.25) is 5.02 Å². The summed E-state index contributed by atoms with van der Waals surface area (Å²) in [5, 5.41) is -0.0817. The zero-order chi connectivity index (χ0) is 18.2. The molecule has 0 aliphatic rings. The summed E-state index contributed by atoms with van der Waals surface area (Å²) in [4.78, 5) is 4.39. The second-order valence-corrected chi connectivity index (χ2v) is 5.74. The number of alkyl halides is 3. The molecule has 4 nitrogen and oxygen atoms in total. The molecule has 0 atom stereocenters. The molecule has 25 heavy (non-hydrogen) atoms. The molecule has 0 unspecified atom stereocenters. The summed E-state index contributed by atoms with van der Waals surface area (Å²) in [5.41, 5.74) is 6.82. The first-order chi connectivity index (χ1) is 11.8. The maximum Gasteiger partial charge on any atom is 0.417 e. The Morgan fingerprint density at radius 3 is 2.48 bits per heavy atom. The predicted molar refractivity (Wildman–Crippen MR) is 89.7 cm³/mol. The van der Waals surface area contributed by atoms with Crippen LogP contribution in [-0.4, -0.2) is 16.0 Å². The van der Waals surface area contributed by atoms with Gasteiger partial charge in [0.15, 0.2) is 5.65 Å². The molecule has 2 heterocycles. The Labute approximate surface area is 147 Å². The lowest BCUT2D eigenvalue weighted by atomic mass is 10.1. The second-order valence-electron chi connectivity index (χ2n) is 5.34. The average Bonchev–Trinajstić information content (AvgIpc) is 2.94. The molecule has 2 N–H and O–H groups in total. The van der Waals surface area contributed by atoms with E-state index in [1.54, 1.807) is 24.3 Å². The molecule has 0 bridgehead atoms. The molecule has 1 aromatic carbocycles. The number of nitrogens with two attached hydrogens (primary N) is 1. The Hall–Kier alpha value is -2.25. The lowest BCUT2D eigenvalue weighted by molar-refractivity contribution is -0.137. The Kier molecular flexibility index (Phi) is 4.62. The van der Waals surface area contributed by atoms with Crippen molar-refractivity contribution in [3.05, 3.63) is 52.8 Å². The molecule has 3 aromatic rings. The average molecular weight is 370 g/mol. The third-order valence-electron chi connectivity index (χ3n) is 3.73. The largest absolute Gasteiger partial charge is 0.494 e. The molecule has 3 rings (SSSR count). The van der Waals surface area contributed by atoms with Crippen LogP contribution in [0.3, 0.4) is 0 Å². The number of ether oxygens (including phenoxy) is 1. The van der Waals surface area contributed by atoms with Gasteiger partial charge in [-0.25, -0.2) is 4.98 Å². The van der Waals surface area contributed by atoms with Crippen molar-refractivity contribution in [1.82, 2.24) is 9.38 Å². The molecule has 0 amide bonds. The highest BCUT2D eigenvalue weighted by atomic mass is 35.5. The van der Waals surface area contributed by atoms with Crippen molar-refractivity contribution in [2.45, 2.75) is 19.6 Å². The summed E-state index contributed by atoms with van der Waals surface area (Å²) in [6.45, 7) is 2.43. The van der Waals surface area contributed by atoms with Gasteiger partial charge in [0.1, 0.15) is 5.75 Å². The van der Waals surface area contributed by atoms with Gasteiger partial charge < -0.3 is 14.9 Å². The van der Waals surface area contributed by atoms with E-state index in [9.17, 15) is 13.2 Å². The van der Waals surface area contributed by atoms with E-state index >= 15 is 0 Å². The topological polar surface area (TPSA) is 52.5 Å². The highest BCUT2D eigenvalue weighted by molar-refractivity contribution is 6.33. The standard InChI is InChI=1S/C17H15ClF3N3O/c1-2-25-12-5-3-10(4-6-12)15-14(8-22)24-9-11(17(19,20)21)7-13(18)16(24)23-15/h3-7,9H,2,8,22H2,1H3. The van der Waals surface area contributed by atoms with Gasteiger partial charge in [0, 0.05) is 18.3 Å². The first-order valence-electron chi connectivity index (χ1n) is 7.56. The van der Waals surface area contributed by atoms with Crippen LogP contribution in [0.1, 0.15) is 18.2 Å². The monoisotopic (exact) mass is 369 g/mol. The molecule has 0 fully saturated rings. The van der Waals surface area contributed by atoms with Crippen molar-refractivity contribution in [2.75, 3.05) is 6.61 Å². The lowest BCUT2D eigenvalue weighted by Crippen LogP contribution is -2.09. The van der Waals surface area contributed by atoms with Crippen molar-refractivity contribution >= 4 is 17.2 Å². The Bertz CT molecular complexity index is 904. The number of benzene rings is 1. The molecule has 132 valence electrons. The van der Waals surface area contributed by atoms with E-state index in [1.165, 1.54) is 4.40 Å². The number of aromatic nitrogens is 2. The molecule has 0 spiro atoms. The number of halogens is 4. The minimum Gasteiger partial charge on any atom is -0.494 e. The predicted octanol–water partition coefficient (Wildman–Crippen LogP) is 4.53. The van der Waals surface area contributed by atoms with Crippen molar-refractivity contribution in [1.29, 1.82) is 0 Å². The van der Waals surface area contributed by atoms with E-state index in [0.29, 0.717) is 23.7 Å². The van der Waals surface area contributed by atoms with Crippen LogP contribution >= 0.6 is 11.6 Å². The number of imidazole rings is 1. The number of fused-ring (bicyclic) bond motifs is 1. The molecule has 0 aliphatic carbocycles. The van der Waals surface area contributed by atoms with Crippen LogP contribution in [0.25, 0.3) is 16.9 Å². The number of hydrogen-bond acceptors (Lipinski definition) is 3. The van der Waals surface area contributed by atoms with Gasteiger partial charge in [0.05, 0.1) is 28.6 Å². The van der Waals surface area contributed by atoms with E-state index in [1.807, 2.05) is 6.92 Å². The van der Waals surface area contributed by atoms with Crippen LogP contribution in [-0.2, 0) is 12.7 Å². The number of nitrogens with zero attached hydrogens (tertiary/aromatic N) is 2. The fourth-order valence-corrected chi connectivity index (χ4v) is 2.86. The molecule has 0 saturated heterocycles. The van der Waals surface area contributed by atoms with Crippen LogP contribution in [0.5, 0.6) is 5.75 Å². The van der Waals surface area contributed by atoms with Gasteiger partial charge in [-0.1, -0.05) is 11.6 Å². The summed E-state index contributed by atoms with van der Waals surface area (Å²) < 4.78 is 45.8. The minimum atomic E-state index is -4.51. The normalized spacial score (nSPS) is 11.9. The van der Waals surface area contributed by atoms with Crippen molar-refractivity contribution in [2.24, 2.45) is 5.73 Å². The van der Waals surface area contributed by atoms with Gasteiger partial charge in [-0.15, -0.1) is 0 Å². The highest BCUT2D eigenvalue weighted by Gasteiger charge is 2.32. The zero-order valence-corrected chi connectivity index (χ0v) is 14.0. The van der Waals surface area contributed by atoms with E-state index < -0.39 is 11.7 Å². The quantitative estimate of drug-likeness (QED) is 0.735. The Morgan fingerprint density at radius 2 is 1.92 bits per heavy atom. The zero-order valence-electron chi connectivity index (χ0n) is 13.3. The summed E-state index contributed by atoms with van der Waals surface area (Å²) in [6.07, 6.45) is -3.54. The van der Waals surface area contributed by atoms with Gasteiger partial charge in [-0.3, -0.25) is 0 Å². The van der Waals surface area contributed by atoms with E-state index in [0.717, 1.165) is 17.8 Å². The number of rotatable bonds is 4. The smallest absolute Gasteiger partial charge is 0.417 e. The third kappa shape index (κ3) is 3.29. The summed E-state index contributed by atoms with van der Waals surface area (Å²) in [7, 11) is 0. The molecular weight excluding hydrogens is 355 g/mol. The molecule has 0 saturated carbocycles. The highest BCUT2D eigenvalue weighted by Crippen LogP contribution is 2.35. The summed E-state index contributed by atoms with van der Waals surface area (Å²) in [6, 6.07) is 7.97. The van der Waals surface area contributed by atoms with Gasteiger partial charge in [-0.05, 0) is 37.3 Å². The second kappa shape index (κ2) is 6.57.